The molecular weight excluding hydrogens is 434 g/mol. The predicted molar refractivity (Wildman–Crippen MR) is 112 cm³/mol. The van der Waals surface area contributed by atoms with Gasteiger partial charge in [-0.25, -0.2) is 0 Å². The van der Waals surface area contributed by atoms with Crippen molar-refractivity contribution in [3.63, 3.8) is 0 Å². The molecule has 0 aliphatic carbocycles. The van der Waals surface area contributed by atoms with E-state index in [0.29, 0.717) is 38.8 Å². The van der Waals surface area contributed by atoms with Gasteiger partial charge in [0.2, 0.25) is 5.91 Å². The summed E-state index contributed by atoms with van der Waals surface area (Å²) in [5, 5.41) is 6.33. The summed E-state index contributed by atoms with van der Waals surface area (Å²) in [4.78, 5) is 25.6. The molecular formula is C19H21BrClN3O3. The monoisotopic (exact) mass is 453 g/mol. The van der Waals surface area contributed by atoms with Gasteiger partial charge in [0.15, 0.2) is 5.75 Å². The molecule has 0 aliphatic rings. The number of benzene rings is 2. The van der Waals surface area contributed by atoms with Gasteiger partial charge in [0.25, 0.3) is 5.91 Å². The van der Waals surface area contributed by atoms with E-state index in [1.807, 2.05) is 6.92 Å². The maximum Gasteiger partial charge on any atom is 0.253 e. The van der Waals surface area contributed by atoms with Crippen molar-refractivity contribution in [2.75, 3.05) is 37.9 Å². The number of ether oxygens (including phenoxy) is 1. The smallest absolute Gasteiger partial charge is 0.253 e. The summed E-state index contributed by atoms with van der Waals surface area (Å²) in [6.45, 7) is 2.40. The van der Waals surface area contributed by atoms with Crippen molar-refractivity contribution in [1.82, 2.24) is 4.90 Å². The number of carbonyl (C=O) groups excluding carboxylic acids is 2. The lowest BCUT2D eigenvalue weighted by atomic mass is 10.2. The first kappa shape index (κ1) is 21.1. The summed E-state index contributed by atoms with van der Waals surface area (Å²) in [6, 6.07) is 10.2. The summed E-state index contributed by atoms with van der Waals surface area (Å²) >= 11 is 9.48. The molecule has 0 spiro atoms. The molecule has 2 rings (SSSR count). The summed E-state index contributed by atoms with van der Waals surface area (Å²) in [7, 11) is 3.38. The lowest BCUT2D eigenvalue weighted by Crippen LogP contribution is -2.23. The van der Waals surface area contributed by atoms with E-state index in [4.69, 9.17) is 16.3 Å². The first-order valence-electron chi connectivity index (χ1n) is 8.29. The number of amides is 2. The lowest BCUT2D eigenvalue weighted by molar-refractivity contribution is -0.114. The average Bonchev–Trinajstić information content (AvgIpc) is 2.62. The molecule has 0 saturated heterocycles. The van der Waals surface area contributed by atoms with Crippen LogP contribution in [-0.4, -0.2) is 44.0 Å². The largest absolute Gasteiger partial charge is 0.491 e. The fourth-order valence-electron chi connectivity index (χ4n) is 2.32. The Kier molecular flexibility index (Phi) is 7.50. The van der Waals surface area contributed by atoms with Crippen LogP contribution in [0.15, 0.2) is 40.9 Å². The third-order valence-corrected chi connectivity index (χ3v) is 4.37. The van der Waals surface area contributed by atoms with E-state index in [9.17, 15) is 9.59 Å². The third-order valence-electron chi connectivity index (χ3n) is 3.56. The normalized spacial score (nSPS) is 10.3. The summed E-state index contributed by atoms with van der Waals surface area (Å²) in [5.74, 6) is 0.269. The van der Waals surface area contributed by atoms with Gasteiger partial charge in [0.1, 0.15) is 0 Å². The molecule has 0 aliphatic heterocycles. The van der Waals surface area contributed by atoms with Crippen LogP contribution in [0.1, 0.15) is 17.3 Å². The molecule has 0 saturated carbocycles. The van der Waals surface area contributed by atoms with Crippen molar-refractivity contribution in [3.8, 4) is 5.75 Å². The number of hydrogen-bond acceptors (Lipinski definition) is 4. The van der Waals surface area contributed by atoms with Gasteiger partial charge in [-0.15, -0.1) is 0 Å². The molecule has 0 heterocycles. The predicted octanol–water partition coefficient (Wildman–Crippen LogP) is 4.25. The fourth-order valence-corrected chi connectivity index (χ4v) is 3.24. The maximum absolute atomic E-state index is 12.2. The maximum atomic E-state index is 12.2. The third kappa shape index (κ3) is 5.87. The molecule has 2 amide bonds. The molecule has 0 bridgehead atoms. The van der Waals surface area contributed by atoms with Crippen LogP contribution in [0.2, 0.25) is 5.02 Å². The minimum Gasteiger partial charge on any atom is -0.491 e. The standard InChI is InChI=1S/C19H21BrClN3O3/c1-4-27-18-15(20)9-13(21)10-16(18)22-11-17(25)23-14-7-5-12(6-8-14)19(26)24(2)3/h5-10,22H,4,11H2,1-3H3,(H,23,25). The molecule has 8 heteroatoms. The number of hydrogen-bond donors (Lipinski definition) is 2. The highest BCUT2D eigenvalue weighted by Gasteiger charge is 2.12. The molecule has 2 aromatic rings. The number of nitrogens with one attached hydrogen (secondary N) is 2. The SMILES string of the molecule is CCOc1c(Br)cc(Cl)cc1NCC(=O)Nc1ccc(C(=O)N(C)C)cc1. The molecule has 6 nitrogen and oxygen atoms in total. The van der Waals surface area contributed by atoms with Gasteiger partial charge >= 0.3 is 0 Å². The second-order valence-corrected chi connectivity index (χ2v) is 7.17. The van der Waals surface area contributed by atoms with E-state index in [2.05, 4.69) is 26.6 Å². The second-order valence-electron chi connectivity index (χ2n) is 5.88. The van der Waals surface area contributed by atoms with E-state index in [1.165, 1.54) is 4.90 Å². The molecule has 0 aromatic heterocycles. The van der Waals surface area contributed by atoms with Crippen LogP contribution in [0.5, 0.6) is 5.75 Å². The first-order valence-corrected chi connectivity index (χ1v) is 9.46. The Bertz CT molecular complexity index is 826. The zero-order valence-corrected chi connectivity index (χ0v) is 17.6. The Labute approximate surface area is 172 Å². The Morgan fingerprint density at radius 2 is 1.85 bits per heavy atom. The van der Waals surface area contributed by atoms with Crippen LogP contribution >= 0.6 is 27.5 Å². The molecule has 0 fully saturated rings. The zero-order chi connectivity index (χ0) is 20.0. The van der Waals surface area contributed by atoms with Crippen LogP contribution < -0.4 is 15.4 Å². The van der Waals surface area contributed by atoms with Crippen molar-refractivity contribution in [3.05, 3.63) is 51.5 Å². The van der Waals surface area contributed by atoms with Crippen molar-refractivity contribution in [2.45, 2.75) is 6.92 Å². The Morgan fingerprint density at radius 1 is 1.19 bits per heavy atom. The minimum atomic E-state index is -0.236. The molecule has 2 aromatic carbocycles. The van der Waals surface area contributed by atoms with E-state index in [0.717, 1.165) is 0 Å². The van der Waals surface area contributed by atoms with Crippen molar-refractivity contribution in [2.24, 2.45) is 0 Å². The highest BCUT2D eigenvalue weighted by atomic mass is 79.9. The first-order chi connectivity index (χ1) is 12.8. The Morgan fingerprint density at radius 3 is 2.44 bits per heavy atom. The molecule has 0 atom stereocenters. The van der Waals surface area contributed by atoms with E-state index in [-0.39, 0.29) is 18.4 Å². The fraction of sp³-hybridized carbons (Fsp3) is 0.263. The number of halogens is 2. The Hall–Kier alpha value is -2.25. The molecule has 0 unspecified atom stereocenters. The molecule has 0 radical (unpaired) electrons. The van der Waals surface area contributed by atoms with Crippen LogP contribution in [-0.2, 0) is 4.79 Å². The minimum absolute atomic E-state index is 0.0330. The van der Waals surface area contributed by atoms with Crippen molar-refractivity contribution in [1.29, 1.82) is 0 Å². The van der Waals surface area contributed by atoms with Crippen LogP contribution in [0.25, 0.3) is 0 Å². The van der Waals surface area contributed by atoms with E-state index < -0.39 is 0 Å². The number of rotatable bonds is 7. The number of nitrogens with zero attached hydrogens (tertiary/aromatic N) is 1. The zero-order valence-electron chi connectivity index (χ0n) is 15.3. The topological polar surface area (TPSA) is 70.7 Å². The van der Waals surface area contributed by atoms with Gasteiger partial charge < -0.3 is 20.3 Å². The summed E-state index contributed by atoms with van der Waals surface area (Å²) < 4.78 is 6.30. The van der Waals surface area contributed by atoms with Gasteiger partial charge in [-0.2, -0.15) is 0 Å². The van der Waals surface area contributed by atoms with Crippen molar-refractivity contribution >= 4 is 50.7 Å². The second kappa shape index (κ2) is 9.62. The number of anilines is 2. The van der Waals surface area contributed by atoms with E-state index >= 15 is 0 Å². The van der Waals surface area contributed by atoms with Gasteiger partial charge in [-0.1, -0.05) is 11.6 Å². The molecule has 2 N–H and O–H groups in total. The highest BCUT2D eigenvalue weighted by Crippen LogP contribution is 2.36. The average molecular weight is 455 g/mol. The number of carbonyl (C=O) groups is 2. The summed E-state index contributed by atoms with van der Waals surface area (Å²) in [6.07, 6.45) is 0. The van der Waals surface area contributed by atoms with Gasteiger partial charge in [0.05, 0.1) is 23.3 Å². The quantitative estimate of drug-likeness (QED) is 0.656. The molecule has 144 valence electrons. The van der Waals surface area contributed by atoms with Crippen molar-refractivity contribution < 1.29 is 14.3 Å². The Balaban J connectivity index is 2.00. The van der Waals surface area contributed by atoms with Gasteiger partial charge in [-0.3, -0.25) is 9.59 Å². The molecule has 27 heavy (non-hydrogen) atoms. The van der Waals surface area contributed by atoms with Gasteiger partial charge in [0, 0.05) is 30.4 Å². The highest BCUT2D eigenvalue weighted by molar-refractivity contribution is 9.10. The summed E-state index contributed by atoms with van der Waals surface area (Å²) in [5.41, 5.74) is 1.79. The van der Waals surface area contributed by atoms with Crippen LogP contribution in [0.3, 0.4) is 0 Å². The van der Waals surface area contributed by atoms with Crippen LogP contribution in [0.4, 0.5) is 11.4 Å². The van der Waals surface area contributed by atoms with Crippen LogP contribution in [0, 0.1) is 0 Å². The lowest BCUT2D eigenvalue weighted by Gasteiger charge is -2.15. The van der Waals surface area contributed by atoms with E-state index in [1.54, 1.807) is 50.5 Å². The van der Waals surface area contributed by atoms with Gasteiger partial charge in [-0.05, 0) is 59.3 Å².